The van der Waals surface area contributed by atoms with Crippen molar-refractivity contribution in [3.8, 4) is 5.69 Å². The normalized spacial score (nSPS) is 11.8. The summed E-state index contributed by atoms with van der Waals surface area (Å²) in [6.07, 6.45) is 7.06. The van der Waals surface area contributed by atoms with Crippen molar-refractivity contribution < 1.29 is 9.59 Å². The highest BCUT2D eigenvalue weighted by molar-refractivity contribution is 5.98. The number of nitrogens with zero attached hydrogens (tertiary/aromatic N) is 4. The quantitative estimate of drug-likeness (QED) is 0.421. The third-order valence-electron chi connectivity index (χ3n) is 4.34. The van der Waals surface area contributed by atoms with Crippen LogP contribution in [0.25, 0.3) is 5.69 Å². The van der Waals surface area contributed by atoms with E-state index in [4.69, 9.17) is 11.5 Å². The fourth-order valence-electron chi connectivity index (χ4n) is 2.87. The molecule has 2 heterocycles. The number of aromatic nitrogens is 4. The summed E-state index contributed by atoms with van der Waals surface area (Å²) in [5, 5.41) is 6.01. The van der Waals surface area contributed by atoms with Crippen LogP contribution in [0.4, 0.5) is 17.5 Å². The van der Waals surface area contributed by atoms with Crippen LogP contribution in [0.2, 0.25) is 0 Å². The predicted molar refractivity (Wildman–Crippen MR) is 113 cm³/mol. The van der Waals surface area contributed by atoms with Gasteiger partial charge in [0.05, 0.1) is 6.33 Å². The minimum absolute atomic E-state index is 0.124. The molecule has 10 nitrogen and oxygen atoms in total. The molecule has 0 aliphatic rings. The zero-order chi connectivity index (χ0) is 21.7. The van der Waals surface area contributed by atoms with Crippen molar-refractivity contribution >= 4 is 29.3 Å². The van der Waals surface area contributed by atoms with Crippen LogP contribution in [0.3, 0.4) is 0 Å². The van der Waals surface area contributed by atoms with Crippen LogP contribution >= 0.6 is 0 Å². The van der Waals surface area contributed by atoms with Crippen LogP contribution in [-0.2, 0) is 4.79 Å². The fraction of sp³-hybridized carbons (Fsp3) is 0.250. The van der Waals surface area contributed by atoms with Gasteiger partial charge in [-0.3, -0.25) is 9.59 Å². The number of carbonyl (C=O) groups is 2. The van der Waals surface area contributed by atoms with E-state index in [1.807, 2.05) is 48.9 Å². The van der Waals surface area contributed by atoms with Crippen molar-refractivity contribution in [2.24, 2.45) is 17.4 Å². The maximum atomic E-state index is 11.8. The Kier molecular flexibility index (Phi) is 6.26. The number of benzene rings is 1. The molecule has 10 heteroatoms. The topological polar surface area (TPSA) is 154 Å². The van der Waals surface area contributed by atoms with E-state index in [0.717, 1.165) is 5.69 Å². The lowest BCUT2D eigenvalue weighted by Crippen LogP contribution is -2.37. The Bertz CT molecular complexity index is 1020. The molecule has 30 heavy (non-hydrogen) atoms. The first kappa shape index (κ1) is 20.8. The van der Waals surface area contributed by atoms with E-state index in [0.29, 0.717) is 12.1 Å². The average Bonchev–Trinajstić information content (AvgIpc) is 3.22. The summed E-state index contributed by atoms with van der Waals surface area (Å²) in [7, 11) is 0. The summed E-state index contributed by atoms with van der Waals surface area (Å²) in [4.78, 5) is 36.0. The first-order chi connectivity index (χ1) is 14.3. The maximum Gasteiger partial charge on any atom is 0.254 e. The standard InChI is InChI=1S/C20H24N8O2/c1-12(2)9-16(18(22)30)26-20-24-10-15(17(21)29)19(27-20)25-13-3-5-14(6-4-13)28-8-7-23-11-28/h3-8,10-12,16H,9H2,1-2H3,(H2,21,29)(H2,22,30)(H2,24,25,26,27). The first-order valence-electron chi connectivity index (χ1n) is 9.41. The molecule has 0 spiro atoms. The molecule has 0 radical (unpaired) electrons. The van der Waals surface area contributed by atoms with Gasteiger partial charge in [0, 0.05) is 30.0 Å². The van der Waals surface area contributed by atoms with Crippen LogP contribution in [0.1, 0.15) is 30.6 Å². The van der Waals surface area contributed by atoms with Gasteiger partial charge in [0.25, 0.3) is 5.91 Å². The van der Waals surface area contributed by atoms with E-state index >= 15 is 0 Å². The smallest absolute Gasteiger partial charge is 0.254 e. The monoisotopic (exact) mass is 408 g/mol. The number of rotatable bonds is 9. The molecular formula is C20H24N8O2. The second-order valence-corrected chi connectivity index (χ2v) is 7.19. The van der Waals surface area contributed by atoms with E-state index < -0.39 is 17.9 Å². The van der Waals surface area contributed by atoms with E-state index in [2.05, 4.69) is 25.6 Å². The van der Waals surface area contributed by atoms with Crippen molar-refractivity contribution in [1.29, 1.82) is 0 Å². The van der Waals surface area contributed by atoms with Gasteiger partial charge in [-0.15, -0.1) is 0 Å². The zero-order valence-electron chi connectivity index (χ0n) is 16.7. The van der Waals surface area contributed by atoms with E-state index in [9.17, 15) is 9.59 Å². The third-order valence-corrected chi connectivity index (χ3v) is 4.34. The number of hydrogen-bond donors (Lipinski definition) is 4. The summed E-state index contributed by atoms with van der Waals surface area (Å²) < 4.78 is 1.87. The van der Waals surface area contributed by atoms with Crippen molar-refractivity contribution in [3.05, 3.63) is 54.7 Å². The van der Waals surface area contributed by atoms with Crippen molar-refractivity contribution in [1.82, 2.24) is 19.5 Å². The third kappa shape index (κ3) is 5.10. The molecule has 3 aromatic rings. The highest BCUT2D eigenvalue weighted by Crippen LogP contribution is 2.21. The minimum Gasteiger partial charge on any atom is -0.368 e. The Morgan fingerprint density at radius 3 is 2.47 bits per heavy atom. The van der Waals surface area contributed by atoms with Gasteiger partial charge in [0.15, 0.2) is 0 Å². The number of carbonyl (C=O) groups excluding carboxylic acids is 2. The Morgan fingerprint density at radius 1 is 1.17 bits per heavy atom. The number of hydrogen-bond acceptors (Lipinski definition) is 7. The van der Waals surface area contributed by atoms with Crippen LogP contribution in [0.15, 0.2) is 49.2 Å². The van der Waals surface area contributed by atoms with Crippen molar-refractivity contribution in [2.75, 3.05) is 10.6 Å². The van der Waals surface area contributed by atoms with Crippen LogP contribution in [0, 0.1) is 5.92 Å². The molecule has 1 unspecified atom stereocenters. The Hall–Kier alpha value is -3.95. The van der Waals surface area contributed by atoms with Gasteiger partial charge < -0.3 is 26.7 Å². The first-order valence-corrected chi connectivity index (χ1v) is 9.41. The second-order valence-electron chi connectivity index (χ2n) is 7.19. The molecule has 0 saturated heterocycles. The molecule has 0 aliphatic carbocycles. The summed E-state index contributed by atoms with van der Waals surface area (Å²) >= 11 is 0. The van der Waals surface area contributed by atoms with E-state index in [-0.39, 0.29) is 23.2 Å². The minimum atomic E-state index is -0.673. The molecule has 1 aromatic carbocycles. The second kappa shape index (κ2) is 9.03. The predicted octanol–water partition coefficient (Wildman–Crippen LogP) is 1.82. The van der Waals surface area contributed by atoms with Crippen LogP contribution < -0.4 is 22.1 Å². The van der Waals surface area contributed by atoms with Crippen molar-refractivity contribution in [3.63, 3.8) is 0 Å². The molecule has 6 N–H and O–H groups in total. The van der Waals surface area contributed by atoms with Crippen LogP contribution in [-0.4, -0.2) is 37.4 Å². The largest absolute Gasteiger partial charge is 0.368 e. The number of primary amides is 2. The SMILES string of the molecule is CC(C)CC(Nc1ncc(C(N)=O)c(Nc2ccc(-n3ccnc3)cc2)n1)C(N)=O. The molecule has 0 saturated carbocycles. The van der Waals surface area contributed by atoms with Crippen molar-refractivity contribution in [2.45, 2.75) is 26.3 Å². The van der Waals surface area contributed by atoms with Crippen LogP contribution in [0.5, 0.6) is 0 Å². The van der Waals surface area contributed by atoms with Gasteiger partial charge in [-0.05, 0) is 36.6 Å². The maximum absolute atomic E-state index is 11.8. The lowest BCUT2D eigenvalue weighted by Gasteiger charge is -2.18. The molecular weight excluding hydrogens is 384 g/mol. The number of nitrogens with one attached hydrogen (secondary N) is 2. The molecule has 2 aromatic heterocycles. The highest BCUT2D eigenvalue weighted by atomic mass is 16.1. The number of amides is 2. The Labute approximate surface area is 173 Å². The van der Waals surface area contributed by atoms with Gasteiger partial charge >= 0.3 is 0 Å². The lowest BCUT2D eigenvalue weighted by molar-refractivity contribution is -0.119. The fourth-order valence-corrected chi connectivity index (χ4v) is 2.87. The van der Waals surface area contributed by atoms with E-state index in [1.165, 1.54) is 6.20 Å². The van der Waals surface area contributed by atoms with Gasteiger partial charge in [-0.1, -0.05) is 13.8 Å². The molecule has 0 bridgehead atoms. The van der Waals surface area contributed by atoms with Gasteiger partial charge in [-0.25, -0.2) is 9.97 Å². The summed E-state index contributed by atoms with van der Waals surface area (Å²) in [5.41, 5.74) is 12.7. The van der Waals surface area contributed by atoms with E-state index in [1.54, 1.807) is 12.5 Å². The van der Waals surface area contributed by atoms with Gasteiger partial charge in [0.2, 0.25) is 11.9 Å². The Morgan fingerprint density at radius 2 is 1.90 bits per heavy atom. The number of anilines is 3. The zero-order valence-corrected chi connectivity index (χ0v) is 16.7. The number of nitrogens with two attached hydrogens (primary N) is 2. The summed E-state index contributed by atoms with van der Waals surface area (Å²) in [6.45, 7) is 3.96. The molecule has 0 fully saturated rings. The molecule has 3 rings (SSSR count). The molecule has 0 aliphatic heterocycles. The summed E-state index contributed by atoms with van der Waals surface area (Å²) in [6, 6.07) is 6.81. The van der Waals surface area contributed by atoms with Gasteiger partial charge in [-0.2, -0.15) is 4.98 Å². The van der Waals surface area contributed by atoms with Gasteiger partial charge in [0.1, 0.15) is 17.4 Å². The summed E-state index contributed by atoms with van der Waals surface area (Å²) in [5.74, 6) is -0.541. The average molecular weight is 408 g/mol. The molecule has 1 atom stereocenters. The molecule has 2 amide bonds. The number of imidazole rings is 1. The molecule has 156 valence electrons. The Balaban J connectivity index is 1.84. The highest BCUT2D eigenvalue weighted by Gasteiger charge is 2.19. The lowest BCUT2D eigenvalue weighted by atomic mass is 10.0.